The van der Waals surface area contributed by atoms with E-state index in [9.17, 15) is 5.11 Å². The zero-order chi connectivity index (χ0) is 19.5. The molecular weight excluding hydrogens is 376 g/mol. The van der Waals surface area contributed by atoms with Crippen LogP contribution in [0.15, 0.2) is 59.7 Å². The average molecular weight is 392 g/mol. The Labute approximate surface area is 165 Å². The normalized spacial score (nSPS) is 11.2. The van der Waals surface area contributed by atoms with Crippen LogP contribution in [0.2, 0.25) is 0 Å². The molecule has 0 spiro atoms. The topological polar surface area (TPSA) is 104 Å². The predicted molar refractivity (Wildman–Crippen MR) is 108 cm³/mol. The minimum atomic E-state index is -0.00165. The summed E-state index contributed by atoms with van der Waals surface area (Å²) in [5.74, 6) is 0.831. The van der Waals surface area contributed by atoms with Gasteiger partial charge in [-0.1, -0.05) is 36.4 Å². The summed E-state index contributed by atoms with van der Waals surface area (Å²) in [7, 11) is 1.49. The lowest BCUT2D eigenvalue weighted by molar-refractivity contribution is 0.373. The number of aromatic amines is 2. The maximum Gasteiger partial charge on any atom is 0.216 e. The van der Waals surface area contributed by atoms with E-state index in [2.05, 4.69) is 25.5 Å². The van der Waals surface area contributed by atoms with Gasteiger partial charge in [0.1, 0.15) is 5.69 Å². The summed E-state index contributed by atoms with van der Waals surface area (Å²) in [5.41, 5.74) is 2.90. The summed E-state index contributed by atoms with van der Waals surface area (Å²) < 4.78 is 6.88. The second-order valence-electron chi connectivity index (χ2n) is 5.84. The van der Waals surface area contributed by atoms with Crippen LogP contribution in [0.1, 0.15) is 5.56 Å². The highest BCUT2D eigenvalue weighted by Crippen LogP contribution is 2.28. The van der Waals surface area contributed by atoms with Crippen molar-refractivity contribution >= 4 is 18.4 Å². The maximum atomic E-state index is 10.2. The molecular formula is C19H16N6O2S. The molecule has 4 aromatic rings. The van der Waals surface area contributed by atoms with Gasteiger partial charge in [0.2, 0.25) is 10.6 Å². The third kappa shape index (κ3) is 3.30. The number of benzene rings is 2. The first-order chi connectivity index (χ1) is 13.7. The van der Waals surface area contributed by atoms with Gasteiger partial charge in [-0.25, -0.2) is 5.10 Å². The van der Waals surface area contributed by atoms with Gasteiger partial charge in [-0.3, -0.25) is 5.10 Å². The number of aromatic hydroxyl groups is 1. The second kappa shape index (κ2) is 7.49. The molecule has 0 saturated heterocycles. The van der Waals surface area contributed by atoms with Crippen molar-refractivity contribution < 1.29 is 9.84 Å². The number of hydrogen-bond donors (Lipinski definition) is 3. The van der Waals surface area contributed by atoms with E-state index in [1.165, 1.54) is 18.0 Å². The van der Waals surface area contributed by atoms with Gasteiger partial charge in [0.25, 0.3) is 0 Å². The van der Waals surface area contributed by atoms with Gasteiger partial charge < -0.3 is 9.84 Å². The quantitative estimate of drug-likeness (QED) is 0.356. The van der Waals surface area contributed by atoms with E-state index in [0.717, 1.165) is 11.3 Å². The van der Waals surface area contributed by atoms with E-state index >= 15 is 0 Å². The molecule has 0 aliphatic carbocycles. The number of rotatable bonds is 5. The summed E-state index contributed by atoms with van der Waals surface area (Å²) in [6, 6.07) is 16.8. The van der Waals surface area contributed by atoms with Crippen LogP contribution in [0, 0.1) is 4.77 Å². The molecule has 0 aliphatic heterocycles. The van der Waals surface area contributed by atoms with Gasteiger partial charge in [0.15, 0.2) is 11.5 Å². The maximum absolute atomic E-state index is 10.2. The molecule has 2 aromatic carbocycles. The fourth-order valence-electron chi connectivity index (χ4n) is 2.69. The fourth-order valence-corrected chi connectivity index (χ4v) is 2.87. The van der Waals surface area contributed by atoms with Gasteiger partial charge in [-0.2, -0.15) is 20.0 Å². The number of nitrogens with zero attached hydrogens (tertiary/aromatic N) is 4. The number of phenolic OH excluding ortho intramolecular Hbond substituents is 1. The molecule has 3 N–H and O–H groups in total. The summed E-state index contributed by atoms with van der Waals surface area (Å²) in [4.78, 5) is 0. The van der Waals surface area contributed by atoms with Crippen LogP contribution < -0.4 is 4.74 Å². The third-order valence-corrected chi connectivity index (χ3v) is 4.37. The molecule has 8 nitrogen and oxygen atoms in total. The second-order valence-corrected chi connectivity index (χ2v) is 6.23. The molecule has 0 radical (unpaired) electrons. The van der Waals surface area contributed by atoms with Gasteiger partial charge in [-0.15, -0.1) is 0 Å². The Balaban J connectivity index is 1.70. The average Bonchev–Trinajstić information content (AvgIpc) is 3.35. The van der Waals surface area contributed by atoms with Gasteiger partial charge in [0, 0.05) is 11.1 Å². The summed E-state index contributed by atoms with van der Waals surface area (Å²) in [6.45, 7) is 0. The van der Waals surface area contributed by atoms with Crippen LogP contribution in [0.4, 0.5) is 0 Å². The largest absolute Gasteiger partial charge is 0.504 e. The highest BCUT2D eigenvalue weighted by atomic mass is 32.1. The monoisotopic (exact) mass is 392 g/mol. The lowest BCUT2D eigenvalue weighted by atomic mass is 10.1. The Kier molecular flexibility index (Phi) is 4.73. The van der Waals surface area contributed by atoms with E-state index in [-0.39, 0.29) is 5.75 Å². The molecule has 2 aromatic heterocycles. The molecule has 0 unspecified atom stereocenters. The van der Waals surface area contributed by atoms with Crippen LogP contribution in [0.5, 0.6) is 11.5 Å². The molecule has 0 fully saturated rings. The highest BCUT2D eigenvalue weighted by molar-refractivity contribution is 7.71. The highest BCUT2D eigenvalue weighted by Gasteiger charge is 2.13. The first-order valence-corrected chi connectivity index (χ1v) is 8.77. The molecule has 2 heterocycles. The van der Waals surface area contributed by atoms with E-state index in [1.807, 2.05) is 36.4 Å². The van der Waals surface area contributed by atoms with Gasteiger partial charge >= 0.3 is 0 Å². The predicted octanol–water partition coefficient (Wildman–Crippen LogP) is 3.59. The zero-order valence-corrected chi connectivity index (χ0v) is 15.6. The Hall–Kier alpha value is -3.72. The van der Waals surface area contributed by atoms with Crippen molar-refractivity contribution in [2.45, 2.75) is 0 Å². The molecule has 0 aliphatic rings. The number of ether oxygens (including phenoxy) is 1. The van der Waals surface area contributed by atoms with E-state index < -0.39 is 0 Å². The number of aromatic nitrogens is 5. The Bertz CT molecular complexity index is 1190. The Morgan fingerprint density at radius 3 is 2.71 bits per heavy atom. The molecule has 0 saturated carbocycles. The van der Waals surface area contributed by atoms with Crippen LogP contribution in [-0.2, 0) is 0 Å². The van der Waals surface area contributed by atoms with Crippen molar-refractivity contribution in [3.05, 3.63) is 64.9 Å². The van der Waals surface area contributed by atoms with Crippen molar-refractivity contribution in [1.29, 1.82) is 0 Å². The smallest absolute Gasteiger partial charge is 0.216 e. The first-order valence-electron chi connectivity index (χ1n) is 8.36. The third-order valence-electron chi connectivity index (χ3n) is 4.10. The number of H-pyrrole nitrogens is 2. The minimum Gasteiger partial charge on any atom is -0.504 e. The van der Waals surface area contributed by atoms with Crippen LogP contribution in [0.3, 0.4) is 0 Å². The Morgan fingerprint density at radius 2 is 1.93 bits per heavy atom. The van der Waals surface area contributed by atoms with Crippen molar-refractivity contribution in [3.63, 3.8) is 0 Å². The standard InChI is InChI=1S/C19H16N6O2S/c1-27-16-9-5-8-13(17(16)26)11-20-25-18(23-24-19(25)28)15-10-14(21-22-15)12-6-3-2-4-7-12/h2-11,26H,1H3,(H,21,22)(H,24,28)/b20-11-. The molecule has 0 bridgehead atoms. The summed E-state index contributed by atoms with van der Waals surface area (Å²) in [6.07, 6.45) is 1.49. The number of methoxy groups -OCH3 is 1. The van der Waals surface area contributed by atoms with Gasteiger partial charge in [0.05, 0.1) is 19.0 Å². The molecule has 0 atom stereocenters. The SMILES string of the molecule is COc1cccc(/C=N\n2c(-c3cc(-c4ccccc4)n[nH]3)n[nH]c2=S)c1O. The lowest BCUT2D eigenvalue weighted by Crippen LogP contribution is -1.96. The van der Waals surface area contributed by atoms with Crippen molar-refractivity contribution in [3.8, 4) is 34.3 Å². The number of para-hydroxylation sites is 1. The minimum absolute atomic E-state index is 0.00165. The Morgan fingerprint density at radius 1 is 1.11 bits per heavy atom. The van der Waals surface area contributed by atoms with Crippen LogP contribution in [0.25, 0.3) is 22.8 Å². The van der Waals surface area contributed by atoms with Crippen molar-refractivity contribution in [1.82, 2.24) is 25.1 Å². The van der Waals surface area contributed by atoms with Gasteiger partial charge in [-0.05, 0) is 30.4 Å². The summed E-state index contributed by atoms with van der Waals surface area (Å²) >= 11 is 5.28. The van der Waals surface area contributed by atoms with E-state index in [4.69, 9.17) is 17.0 Å². The number of phenols is 1. The number of nitrogens with one attached hydrogen (secondary N) is 2. The molecule has 0 amide bonds. The lowest BCUT2D eigenvalue weighted by Gasteiger charge is -2.05. The zero-order valence-electron chi connectivity index (χ0n) is 14.8. The van der Waals surface area contributed by atoms with Crippen molar-refractivity contribution in [2.75, 3.05) is 7.11 Å². The van der Waals surface area contributed by atoms with Crippen LogP contribution >= 0.6 is 12.2 Å². The fraction of sp³-hybridized carbons (Fsp3) is 0.0526. The van der Waals surface area contributed by atoms with E-state index in [0.29, 0.717) is 27.6 Å². The molecule has 9 heteroatoms. The summed E-state index contributed by atoms with van der Waals surface area (Å²) in [5, 5.41) is 28.8. The molecule has 28 heavy (non-hydrogen) atoms. The molecule has 4 rings (SSSR count). The van der Waals surface area contributed by atoms with E-state index in [1.54, 1.807) is 18.2 Å². The van der Waals surface area contributed by atoms with Crippen LogP contribution in [-0.4, -0.2) is 43.5 Å². The first kappa shape index (κ1) is 17.7. The number of hydrogen-bond acceptors (Lipinski definition) is 6. The molecule has 140 valence electrons. The van der Waals surface area contributed by atoms with Crippen molar-refractivity contribution in [2.24, 2.45) is 5.10 Å².